The molecule has 0 bridgehead atoms. The highest BCUT2D eigenvalue weighted by Gasteiger charge is 2.70. The molecule has 2 aromatic rings. The van der Waals surface area contributed by atoms with E-state index in [9.17, 15) is 51.1 Å². The van der Waals surface area contributed by atoms with Crippen LogP contribution in [0.15, 0.2) is 29.9 Å². The molecule has 5 aliphatic rings. The van der Waals surface area contributed by atoms with Crippen LogP contribution in [0, 0.1) is 17.3 Å². The van der Waals surface area contributed by atoms with E-state index in [1.165, 1.54) is 35.2 Å². The average Bonchev–Trinajstić information content (AvgIpc) is 4.21. The summed E-state index contributed by atoms with van der Waals surface area (Å²) in [6.07, 6.45) is -3.74. The normalized spacial score (nSPS) is 26.4. The van der Waals surface area contributed by atoms with Gasteiger partial charge in [0, 0.05) is 44.7 Å². The van der Waals surface area contributed by atoms with Crippen molar-refractivity contribution in [3.8, 4) is 10.4 Å². The number of rotatable bonds is 11. The molecular formula is C45H57ClF4N8O7S. The summed E-state index contributed by atoms with van der Waals surface area (Å²) in [5, 5.41) is 11.7. The quantitative estimate of drug-likeness (QED) is 0.240. The maximum absolute atomic E-state index is 14.8. The summed E-state index contributed by atoms with van der Waals surface area (Å²) >= 11 is 7.86. The van der Waals surface area contributed by atoms with Crippen molar-refractivity contribution in [2.75, 3.05) is 27.2 Å². The number of thiazole rings is 1. The first kappa shape index (κ1) is 49.1. The van der Waals surface area contributed by atoms with Crippen LogP contribution in [0.1, 0.15) is 90.0 Å². The molecule has 0 radical (unpaired) electrons. The van der Waals surface area contributed by atoms with Crippen molar-refractivity contribution in [3.05, 3.63) is 40.5 Å². The third kappa shape index (κ3) is 10.5. The molecule has 360 valence electrons. The molecule has 15 nitrogen and oxygen atoms in total. The van der Waals surface area contributed by atoms with Crippen molar-refractivity contribution < 1.29 is 51.1 Å². The van der Waals surface area contributed by atoms with E-state index in [-0.39, 0.29) is 31.7 Å². The number of halogens is 5. The van der Waals surface area contributed by atoms with Crippen molar-refractivity contribution in [1.82, 2.24) is 41.0 Å². The Balaban J connectivity index is 1.14. The summed E-state index contributed by atoms with van der Waals surface area (Å²) in [4.78, 5) is 107. The molecular weight excluding hydrogens is 908 g/mol. The zero-order chi connectivity index (χ0) is 47.9. The summed E-state index contributed by atoms with van der Waals surface area (Å²) in [5.41, 5.74) is -0.791. The minimum Gasteiger partial charge on any atom is -0.354 e. The molecule has 4 N–H and O–H groups in total. The van der Waals surface area contributed by atoms with Gasteiger partial charge < -0.3 is 36.0 Å². The van der Waals surface area contributed by atoms with Crippen LogP contribution in [-0.2, 0) is 40.0 Å². The number of carbonyl (C=O) groups excluding carboxylic acids is 7. The number of nitrogens with one attached hydrogen (secondary N) is 4. The summed E-state index contributed by atoms with van der Waals surface area (Å²) in [6, 6.07) is -1.18. The van der Waals surface area contributed by atoms with Gasteiger partial charge in [-0.15, -0.1) is 11.3 Å². The Hall–Kier alpha value is -4.85. The third-order valence-corrected chi connectivity index (χ3v) is 14.7. The van der Waals surface area contributed by atoms with Crippen LogP contribution in [0.2, 0.25) is 5.02 Å². The molecule has 6 atom stereocenters. The van der Waals surface area contributed by atoms with E-state index < -0.39 is 127 Å². The number of carbonyl (C=O) groups is 7. The van der Waals surface area contributed by atoms with Crippen molar-refractivity contribution in [2.45, 2.75) is 139 Å². The minimum absolute atomic E-state index is 0.0159. The Morgan fingerprint density at radius 2 is 1.76 bits per heavy atom. The van der Waals surface area contributed by atoms with E-state index >= 15 is 0 Å². The van der Waals surface area contributed by atoms with Gasteiger partial charge in [-0.2, -0.15) is 13.2 Å². The van der Waals surface area contributed by atoms with Crippen LogP contribution in [0.5, 0.6) is 0 Å². The number of hydrogen-bond acceptors (Lipinski definition) is 9. The lowest BCUT2D eigenvalue weighted by atomic mass is 9.96. The fourth-order valence-electron chi connectivity index (χ4n) is 9.19. The number of alkyl halides is 4. The molecule has 5 fully saturated rings. The number of benzene rings is 1. The number of nitrogens with zero attached hydrogens (tertiary/aromatic N) is 4. The Labute approximate surface area is 389 Å². The topological polar surface area (TPSA) is 190 Å². The van der Waals surface area contributed by atoms with Gasteiger partial charge >= 0.3 is 6.18 Å². The van der Waals surface area contributed by atoms with E-state index in [4.69, 9.17) is 11.6 Å². The average molecular weight is 966 g/mol. The second-order valence-electron chi connectivity index (χ2n) is 19.0. The molecule has 3 heterocycles. The first-order chi connectivity index (χ1) is 31.2. The number of likely N-dealkylation sites (N-methyl/N-ethyl adjacent to an activating group) is 2. The fraction of sp³-hybridized carbons (Fsp3) is 0.644. The summed E-state index contributed by atoms with van der Waals surface area (Å²) < 4.78 is 56.6. The second kappa shape index (κ2) is 19.4. The lowest BCUT2D eigenvalue weighted by molar-refractivity contribution is -0.199. The molecule has 7 amide bonds. The van der Waals surface area contributed by atoms with Crippen molar-refractivity contribution in [3.63, 3.8) is 0 Å². The van der Waals surface area contributed by atoms with Crippen LogP contribution in [0.4, 0.5) is 17.6 Å². The summed E-state index contributed by atoms with van der Waals surface area (Å²) in [7, 11) is 2.84. The molecule has 3 aliphatic carbocycles. The van der Waals surface area contributed by atoms with Crippen LogP contribution in [0.3, 0.4) is 0 Å². The standard InChI is InChI=1S/C45H57ClF4N8O7S/c1-24(2)17-30-39(62)57(4)32(19-26-18-27(46)10-11-29(26)34-21-51-23-66-34)38(61)55-44(14-15-44)41(64)52-16-6-5-7-31(36(59)53-30)56(3)40(63)35(25-8-9-25)54-37(60)33-20-28(47)22-58(33)42(65)43(12-13-43)45(48,49)50/h10-11,18,21,23-25,28,30-33,35H,5-9,12-17,19-20,22H2,1-4H3,(H,52,64)(H,53,59)(H,54,60)(H,55,61)/t28-,30+,31+,32+,33+,35+/m1/s1. The highest BCUT2D eigenvalue weighted by molar-refractivity contribution is 7.13. The monoisotopic (exact) mass is 964 g/mol. The lowest BCUT2D eigenvalue weighted by Gasteiger charge is -2.35. The first-order valence-corrected chi connectivity index (χ1v) is 23.9. The fourth-order valence-corrected chi connectivity index (χ4v) is 10.1. The van der Waals surface area contributed by atoms with Gasteiger partial charge in [0.2, 0.25) is 41.4 Å². The molecule has 3 saturated carbocycles. The van der Waals surface area contributed by atoms with Gasteiger partial charge in [-0.3, -0.25) is 38.5 Å². The molecule has 1 aromatic heterocycles. The van der Waals surface area contributed by atoms with Crippen molar-refractivity contribution in [2.24, 2.45) is 17.3 Å². The largest absolute Gasteiger partial charge is 0.403 e. The number of likely N-dealkylation sites (tertiary alicyclic amines) is 1. The van der Waals surface area contributed by atoms with E-state index in [1.807, 2.05) is 13.8 Å². The van der Waals surface area contributed by atoms with Gasteiger partial charge in [0.15, 0.2) is 0 Å². The van der Waals surface area contributed by atoms with E-state index in [0.717, 1.165) is 10.4 Å². The van der Waals surface area contributed by atoms with Crippen LogP contribution in [-0.4, -0.2) is 136 Å². The number of amides is 7. The van der Waals surface area contributed by atoms with Crippen molar-refractivity contribution in [1.29, 1.82) is 0 Å². The Bertz CT molecular complexity index is 2200. The maximum Gasteiger partial charge on any atom is 0.403 e. The Kier molecular flexibility index (Phi) is 14.4. The Morgan fingerprint density at radius 1 is 1.05 bits per heavy atom. The molecule has 21 heteroatoms. The SMILES string of the molecule is CC(C)C[C@@H]1NC(=O)[C@@H](N(C)C(=O)[C@@H](NC(=O)[C@@H]2C[C@@H](F)CN2C(=O)C2(C(F)(F)F)CC2)C2CC2)CCCCNC(=O)C2(CC2)NC(=O)[C@H](Cc2cc(Cl)ccc2-c2cncs2)N(C)C1=O. The predicted octanol–water partition coefficient (Wildman–Crippen LogP) is 4.32. The first-order valence-electron chi connectivity index (χ1n) is 22.6. The number of hydrogen-bond donors (Lipinski definition) is 4. The molecule has 66 heavy (non-hydrogen) atoms. The molecule has 2 saturated heterocycles. The van der Waals surface area contributed by atoms with Gasteiger partial charge in [0.05, 0.1) is 16.9 Å². The van der Waals surface area contributed by atoms with Gasteiger partial charge in [0.1, 0.15) is 47.3 Å². The Morgan fingerprint density at radius 3 is 2.36 bits per heavy atom. The van der Waals surface area contributed by atoms with Crippen molar-refractivity contribution >= 4 is 64.3 Å². The summed E-state index contributed by atoms with van der Waals surface area (Å²) in [5.74, 6) is -5.81. The second-order valence-corrected chi connectivity index (χ2v) is 20.3. The van der Waals surface area contributed by atoms with E-state index in [0.29, 0.717) is 54.0 Å². The molecule has 7 rings (SSSR count). The summed E-state index contributed by atoms with van der Waals surface area (Å²) in [6.45, 7) is 3.22. The van der Waals surface area contributed by atoms with Gasteiger partial charge in [-0.25, -0.2) is 4.39 Å². The van der Waals surface area contributed by atoms with Gasteiger partial charge in [-0.1, -0.05) is 31.5 Å². The minimum atomic E-state index is -4.88. The molecule has 1 aromatic carbocycles. The van der Waals surface area contributed by atoms with Crippen LogP contribution >= 0.6 is 22.9 Å². The van der Waals surface area contributed by atoms with Crippen LogP contribution < -0.4 is 21.3 Å². The van der Waals surface area contributed by atoms with Gasteiger partial charge in [0.25, 0.3) is 0 Å². The smallest absolute Gasteiger partial charge is 0.354 e. The van der Waals surface area contributed by atoms with Gasteiger partial charge in [-0.05, 0) is 99.3 Å². The predicted molar refractivity (Wildman–Crippen MR) is 235 cm³/mol. The zero-order valence-electron chi connectivity index (χ0n) is 37.3. The lowest BCUT2D eigenvalue weighted by Crippen LogP contribution is -2.61. The maximum atomic E-state index is 14.8. The molecule has 0 unspecified atom stereocenters. The highest BCUT2D eigenvalue weighted by Crippen LogP contribution is 2.59. The third-order valence-electron chi connectivity index (χ3n) is 13.6. The zero-order valence-corrected chi connectivity index (χ0v) is 38.9. The van der Waals surface area contributed by atoms with E-state index in [2.05, 4.69) is 26.3 Å². The molecule has 1 spiro atoms. The molecule has 2 aliphatic heterocycles. The van der Waals surface area contributed by atoms with Crippen LogP contribution in [0.25, 0.3) is 10.4 Å². The van der Waals surface area contributed by atoms with E-state index in [1.54, 1.807) is 29.9 Å². The highest BCUT2D eigenvalue weighted by atomic mass is 35.5. The number of aromatic nitrogens is 1.